The fraction of sp³-hybridized carbons (Fsp3) is 0.444. The molecule has 7 nitrogen and oxygen atoms in total. The van der Waals surface area contributed by atoms with Gasteiger partial charge in [0.15, 0.2) is 0 Å². The number of carbonyl (C=O) groups is 1. The van der Waals surface area contributed by atoms with Crippen LogP contribution in [0.3, 0.4) is 0 Å². The summed E-state index contributed by atoms with van der Waals surface area (Å²) in [6.45, 7) is 5.10. The Kier molecular flexibility index (Phi) is 3.48. The maximum absolute atomic E-state index is 11.3. The van der Waals surface area contributed by atoms with Crippen LogP contribution in [-0.2, 0) is 14.8 Å². The largest absolute Gasteiger partial charge is 0.444 e. The van der Waals surface area contributed by atoms with Crippen molar-refractivity contribution in [3.8, 4) is 0 Å². The lowest BCUT2D eigenvalue weighted by molar-refractivity contribution is 0.0632. The lowest BCUT2D eigenvalue weighted by Crippen LogP contribution is -2.27. The number of primary sulfonamides is 1. The maximum Gasteiger partial charge on any atom is 0.414 e. The number of sulfonamides is 1. The van der Waals surface area contributed by atoms with Gasteiger partial charge in [0.1, 0.15) is 5.60 Å². The van der Waals surface area contributed by atoms with Crippen LogP contribution >= 0.6 is 0 Å². The van der Waals surface area contributed by atoms with Crippen LogP contribution in [-0.4, -0.2) is 20.1 Å². The van der Waals surface area contributed by atoms with Crippen LogP contribution in [0.5, 0.6) is 0 Å². The van der Waals surface area contributed by atoms with Gasteiger partial charge in [-0.15, -0.1) is 0 Å². The highest BCUT2D eigenvalue weighted by atomic mass is 32.2. The first-order valence-corrected chi connectivity index (χ1v) is 6.25. The molecule has 96 valence electrons. The predicted molar refractivity (Wildman–Crippen MR) is 59.9 cm³/mol. The summed E-state index contributed by atoms with van der Waals surface area (Å²) in [5.41, 5.74) is -0.653. The van der Waals surface area contributed by atoms with Crippen LogP contribution in [0.4, 0.5) is 10.7 Å². The van der Waals surface area contributed by atoms with Crippen molar-refractivity contribution in [3.05, 3.63) is 12.1 Å². The fourth-order valence-electron chi connectivity index (χ4n) is 0.944. The van der Waals surface area contributed by atoms with Crippen molar-refractivity contribution in [2.75, 3.05) is 5.32 Å². The van der Waals surface area contributed by atoms with Gasteiger partial charge >= 0.3 is 6.09 Å². The zero-order valence-corrected chi connectivity index (χ0v) is 10.5. The van der Waals surface area contributed by atoms with Crippen molar-refractivity contribution in [1.82, 2.24) is 0 Å². The highest BCUT2D eigenvalue weighted by Gasteiger charge is 2.18. The van der Waals surface area contributed by atoms with Gasteiger partial charge in [-0.25, -0.2) is 18.4 Å². The van der Waals surface area contributed by atoms with Crippen LogP contribution < -0.4 is 10.5 Å². The molecule has 1 rings (SSSR count). The second kappa shape index (κ2) is 4.38. The molecule has 0 aromatic carbocycles. The Morgan fingerprint density at radius 3 is 2.41 bits per heavy atom. The number of hydrogen-bond donors (Lipinski definition) is 2. The maximum atomic E-state index is 11.3. The van der Waals surface area contributed by atoms with E-state index in [1.807, 2.05) is 0 Å². The average Bonchev–Trinajstić information content (AvgIpc) is 2.47. The van der Waals surface area contributed by atoms with Crippen LogP contribution in [0.25, 0.3) is 0 Å². The van der Waals surface area contributed by atoms with Crippen molar-refractivity contribution in [2.45, 2.75) is 31.5 Å². The van der Waals surface area contributed by atoms with Crippen LogP contribution in [0.15, 0.2) is 21.6 Å². The number of rotatable bonds is 2. The van der Waals surface area contributed by atoms with Crippen LogP contribution in [0.1, 0.15) is 20.8 Å². The number of anilines is 1. The quantitative estimate of drug-likeness (QED) is 0.833. The third kappa shape index (κ3) is 4.45. The van der Waals surface area contributed by atoms with Gasteiger partial charge in [0.2, 0.25) is 11.0 Å². The van der Waals surface area contributed by atoms with Crippen molar-refractivity contribution >= 4 is 22.0 Å². The smallest absolute Gasteiger partial charge is 0.414 e. The van der Waals surface area contributed by atoms with Crippen molar-refractivity contribution in [2.24, 2.45) is 5.14 Å². The number of nitrogens with two attached hydrogens (primary N) is 1. The van der Waals surface area contributed by atoms with Crippen LogP contribution in [0, 0.1) is 0 Å². The molecule has 0 unspecified atom stereocenters. The van der Waals surface area contributed by atoms with E-state index in [1.165, 1.54) is 6.07 Å². The zero-order valence-electron chi connectivity index (χ0n) is 9.68. The van der Waals surface area contributed by atoms with E-state index in [2.05, 4.69) is 5.32 Å². The van der Waals surface area contributed by atoms with Crippen molar-refractivity contribution in [3.63, 3.8) is 0 Å². The molecule has 0 radical (unpaired) electrons. The summed E-state index contributed by atoms with van der Waals surface area (Å²) in [5.74, 6) is -0.0525. The number of hydrogen-bond acceptors (Lipinski definition) is 5. The highest BCUT2D eigenvalue weighted by Crippen LogP contribution is 2.17. The average molecular weight is 262 g/mol. The van der Waals surface area contributed by atoms with E-state index in [0.717, 1.165) is 6.07 Å². The molecule has 0 saturated carbocycles. The summed E-state index contributed by atoms with van der Waals surface area (Å²) in [4.78, 5) is 11.3. The second-order valence-electron chi connectivity index (χ2n) is 4.29. The van der Waals surface area contributed by atoms with E-state index in [1.54, 1.807) is 20.8 Å². The Hall–Kier alpha value is -1.54. The van der Waals surface area contributed by atoms with Gasteiger partial charge < -0.3 is 9.15 Å². The molecule has 0 bridgehead atoms. The molecule has 1 amide bonds. The fourth-order valence-corrected chi connectivity index (χ4v) is 1.41. The summed E-state index contributed by atoms with van der Waals surface area (Å²) in [6, 6.07) is 2.41. The second-order valence-corrected chi connectivity index (χ2v) is 5.78. The molecule has 8 heteroatoms. The van der Waals surface area contributed by atoms with Gasteiger partial charge in [-0.3, -0.25) is 5.32 Å². The summed E-state index contributed by atoms with van der Waals surface area (Å²) in [5, 5.41) is 6.65. The molecular formula is C9H14N2O5S. The summed E-state index contributed by atoms with van der Waals surface area (Å²) in [7, 11) is -3.91. The normalized spacial score (nSPS) is 12.2. The van der Waals surface area contributed by atoms with E-state index in [9.17, 15) is 13.2 Å². The molecule has 0 saturated heterocycles. The Bertz CT molecular complexity index is 512. The third-order valence-corrected chi connectivity index (χ3v) is 2.27. The van der Waals surface area contributed by atoms with Gasteiger partial charge in [-0.05, 0) is 26.8 Å². The van der Waals surface area contributed by atoms with Crippen LogP contribution in [0.2, 0.25) is 0 Å². The van der Waals surface area contributed by atoms with Gasteiger partial charge in [-0.2, -0.15) is 0 Å². The number of ether oxygens (including phenoxy) is 1. The first kappa shape index (κ1) is 13.5. The molecule has 0 spiro atoms. The topological polar surface area (TPSA) is 112 Å². The Balaban J connectivity index is 2.71. The van der Waals surface area contributed by atoms with E-state index < -0.39 is 26.8 Å². The Labute approximate surface area is 99.0 Å². The molecule has 1 aromatic heterocycles. The monoisotopic (exact) mass is 262 g/mol. The molecule has 0 aliphatic heterocycles. The standard InChI is InChI=1S/C9H14N2O5S/c1-9(2,3)16-8(12)11-6-4-5-7(15-6)17(10,13)14/h4-5H,1-3H3,(H,11,12)(H2,10,13,14). The van der Waals surface area contributed by atoms with Gasteiger partial charge in [0, 0.05) is 6.07 Å². The van der Waals surface area contributed by atoms with E-state index >= 15 is 0 Å². The number of furan rings is 1. The van der Waals surface area contributed by atoms with Crippen molar-refractivity contribution < 1.29 is 22.4 Å². The SMILES string of the molecule is CC(C)(C)OC(=O)Nc1ccc(S(N)(=O)=O)o1. The summed E-state index contributed by atoms with van der Waals surface area (Å²) in [6.07, 6.45) is -0.743. The Morgan fingerprint density at radius 1 is 1.41 bits per heavy atom. The predicted octanol–water partition coefficient (Wildman–Crippen LogP) is 1.27. The van der Waals surface area contributed by atoms with Gasteiger partial charge in [0.25, 0.3) is 10.0 Å². The van der Waals surface area contributed by atoms with Gasteiger partial charge in [0.05, 0.1) is 0 Å². The molecule has 0 aliphatic carbocycles. The van der Waals surface area contributed by atoms with E-state index in [0.29, 0.717) is 0 Å². The van der Waals surface area contributed by atoms with Gasteiger partial charge in [-0.1, -0.05) is 0 Å². The molecule has 0 fully saturated rings. The zero-order chi connectivity index (χ0) is 13.3. The number of carbonyl (C=O) groups excluding carboxylic acids is 1. The minimum Gasteiger partial charge on any atom is -0.444 e. The van der Waals surface area contributed by atoms with Crippen molar-refractivity contribution in [1.29, 1.82) is 0 Å². The molecule has 3 N–H and O–H groups in total. The minimum atomic E-state index is -3.91. The lowest BCUT2D eigenvalue weighted by atomic mass is 10.2. The molecule has 1 heterocycles. The lowest BCUT2D eigenvalue weighted by Gasteiger charge is -2.18. The number of amides is 1. The summed E-state index contributed by atoms with van der Waals surface area (Å²) >= 11 is 0. The minimum absolute atomic E-state index is 0.0525. The number of nitrogens with one attached hydrogen (secondary N) is 1. The first-order chi connectivity index (χ1) is 7.58. The molecule has 0 atom stereocenters. The third-order valence-electron chi connectivity index (χ3n) is 1.49. The molecule has 17 heavy (non-hydrogen) atoms. The molecular weight excluding hydrogens is 248 g/mol. The first-order valence-electron chi connectivity index (χ1n) is 4.70. The molecule has 1 aromatic rings. The van der Waals surface area contributed by atoms with E-state index in [-0.39, 0.29) is 5.88 Å². The highest BCUT2D eigenvalue weighted by molar-refractivity contribution is 7.89. The van der Waals surface area contributed by atoms with E-state index in [4.69, 9.17) is 14.3 Å². The summed E-state index contributed by atoms with van der Waals surface area (Å²) < 4.78 is 31.6. The Morgan fingerprint density at radius 2 is 2.00 bits per heavy atom. The molecule has 0 aliphatic rings.